The predicted molar refractivity (Wildman–Crippen MR) is 87.9 cm³/mol. The molecule has 144 valence electrons. The molecule has 1 unspecified atom stereocenters. The summed E-state index contributed by atoms with van der Waals surface area (Å²) in [5.41, 5.74) is 0.917. The van der Waals surface area contributed by atoms with E-state index in [9.17, 15) is 22.8 Å². The summed E-state index contributed by atoms with van der Waals surface area (Å²) in [6.07, 6.45) is -3.80. The second-order valence-corrected chi connectivity index (χ2v) is 6.53. The molecule has 1 heterocycles. The number of ether oxygens (including phenoxy) is 1. The summed E-state index contributed by atoms with van der Waals surface area (Å²) in [5, 5.41) is 9.01. The van der Waals surface area contributed by atoms with Gasteiger partial charge in [-0.2, -0.15) is 13.2 Å². The first-order valence-corrected chi connectivity index (χ1v) is 8.44. The highest BCUT2D eigenvalue weighted by atomic mass is 19.4. The van der Waals surface area contributed by atoms with E-state index in [-0.39, 0.29) is 5.92 Å². The molecular weight excluding hydrogens is 351 g/mol. The molecule has 8 heteroatoms. The molecule has 1 fully saturated rings. The van der Waals surface area contributed by atoms with Gasteiger partial charge in [0.25, 0.3) is 5.91 Å². The number of nitrogens with zero attached hydrogens (tertiary/aromatic N) is 1. The van der Waals surface area contributed by atoms with Crippen molar-refractivity contribution in [2.75, 3.05) is 19.7 Å². The van der Waals surface area contributed by atoms with Gasteiger partial charge in [-0.25, -0.2) is 0 Å². The van der Waals surface area contributed by atoms with E-state index in [4.69, 9.17) is 9.84 Å². The van der Waals surface area contributed by atoms with Gasteiger partial charge in [-0.15, -0.1) is 0 Å². The Morgan fingerprint density at radius 1 is 1.31 bits per heavy atom. The number of carbonyl (C=O) groups is 2. The minimum Gasteiger partial charge on any atom is -0.483 e. The van der Waals surface area contributed by atoms with Crippen molar-refractivity contribution in [1.29, 1.82) is 0 Å². The number of amides is 1. The van der Waals surface area contributed by atoms with Gasteiger partial charge < -0.3 is 14.7 Å². The third-order valence-corrected chi connectivity index (χ3v) is 4.82. The topological polar surface area (TPSA) is 66.8 Å². The molecule has 0 spiro atoms. The van der Waals surface area contributed by atoms with Crippen LogP contribution in [0.4, 0.5) is 13.2 Å². The molecular formula is C18H22F3NO4. The van der Waals surface area contributed by atoms with Crippen LogP contribution in [-0.2, 0) is 9.59 Å². The van der Waals surface area contributed by atoms with E-state index in [0.29, 0.717) is 5.75 Å². The van der Waals surface area contributed by atoms with Crippen molar-refractivity contribution in [2.45, 2.75) is 32.4 Å². The van der Waals surface area contributed by atoms with Crippen molar-refractivity contribution < 1.29 is 32.6 Å². The van der Waals surface area contributed by atoms with Gasteiger partial charge in [0.15, 0.2) is 6.61 Å². The Labute approximate surface area is 149 Å². The molecule has 0 aromatic heterocycles. The molecule has 3 atom stereocenters. The van der Waals surface area contributed by atoms with Crippen LogP contribution < -0.4 is 4.74 Å². The van der Waals surface area contributed by atoms with Gasteiger partial charge in [-0.1, -0.05) is 32.0 Å². The van der Waals surface area contributed by atoms with Gasteiger partial charge in [0.05, 0.1) is 11.8 Å². The van der Waals surface area contributed by atoms with Gasteiger partial charge in [0.1, 0.15) is 5.75 Å². The number of hydrogen-bond acceptors (Lipinski definition) is 3. The first-order valence-electron chi connectivity index (χ1n) is 8.44. The van der Waals surface area contributed by atoms with E-state index in [0.717, 1.165) is 16.9 Å². The quantitative estimate of drug-likeness (QED) is 0.831. The molecule has 0 radical (unpaired) electrons. The Morgan fingerprint density at radius 2 is 1.96 bits per heavy atom. The van der Waals surface area contributed by atoms with Crippen LogP contribution in [0.3, 0.4) is 0 Å². The molecule has 1 amide bonds. The molecule has 0 bridgehead atoms. The highest BCUT2D eigenvalue weighted by molar-refractivity contribution is 5.80. The number of likely N-dealkylation sites (tertiary alicyclic amines) is 1. The number of para-hydroxylation sites is 1. The number of alkyl halides is 3. The Bertz CT molecular complexity index is 662. The Kier molecular flexibility index (Phi) is 6.15. The van der Waals surface area contributed by atoms with Crippen LogP contribution >= 0.6 is 0 Å². The molecule has 1 aliphatic rings. The normalized spacial score (nSPS) is 21.5. The number of halogens is 3. The molecule has 26 heavy (non-hydrogen) atoms. The summed E-state index contributed by atoms with van der Waals surface area (Å²) in [6, 6.07) is 7.19. The highest BCUT2D eigenvalue weighted by Crippen LogP contribution is 2.37. The molecule has 2 rings (SSSR count). The minimum atomic E-state index is -4.66. The van der Waals surface area contributed by atoms with Gasteiger partial charge in [-0.3, -0.25) is 9.59 Å². The summed E-state index contributed by atoms with van der Waals surface area (Å²) in [6.45, 7) is 2.48. The third-order valence-electron chi connectivity index (χ3n) is 4.82. The SMILES string of the molecule is CCC(C)c1ccccc1OCC(=O)N1C[C@@H](C(F)(F)F)[C@H](C(=O)O)C1. The number of carboxylic acid groups (broad SMARTS) is 1. The molecule has 1 aromatic carbocycles. The van der Waals surface area contributed by atoms with Crippen LogP contribution in [0.1, 0.15) is 31.7 Å². The van der Waals surface area contributed by atoms with Gasteiger partial charge in [0, 0.05) is 13.1 Å². The Balaban J connectivity index is 2.04. The minimum absolute atomic E-state index is 0.207. The highest BCUT2D eigenvalue weighted by Gasteiger charge is 2.53. The van der Waals surface area contributed by atoms with Crippen molar-refractivity contribution >= 4 is 11.9 Å². The van der Waals surface area contributed by atoms with Crippen LogP contribution in [0, 0.1) is 11.8 Å². The van der Waals surface area contributed by atoms with Crippen LogP contribution in [-0.4, -0.2) is 47.8 Å². The van der Waals surface area contributed by atoms with Gasteiger partial charge in [-0.05, 0) is 24.0 Å². The van der Waals surface area contributed by atoms with Crippen molar-refractivity contribution in [1.82, 2.24) is 4.90 Å². The Hall–Kier alpha value is -2.25. The molecule has 1 N–H and O–H groups in total. The number of hydrogen-bond donors (Lipinski definition) is 1. The summed E-state index contributed by atoms with van der Waals surface area (Å²) < 4.78 is 44.6. The Morgan fingerprint density at radius 3 is 2.50 bits per heavy atom. The zero-order chi connectivity index (χ0) is 19.5. The lowest BCUT2D eigenvalue weighted by atomic mass is 9.96. The standard InChI is InChI=1S/C18H22F3NO4/c1-3-11(2)12-6-4-5-7-15(12)26-10-16(23)22-8-13(17(24)25)14(9-22)18(19,20)21/h4-7,11,13-14H,3,8-10H2,1-2H3,(H,24,25)/t11?,13-,14-/m1/s1. The average molecular weight is 373 g/mol. The number of carbonyl (C=O) groups excluding carboxylic acids is 1. The summed E-state index contributed by atoms with van der Waals surface area (Å²) >= 11 is 0. The number of carboxylic acids is 1. The van der Waals surface area contributed by atoms with E-state index in [1.165, 1.54) is 0 Å². The largest absolute Gasteiger partial charge is 0.483 e. The van der Waals surface area contributed by atoms with Crippen molar-refractivity contribution in [3.63, 3.8) is 0 Å². The van der Waals surface area contributed by atoms with E-state index in [1.54, 1.807) is 12.1 Å². The molecule has 0 saturated carbocycles. The zero-order valence-corrected chi connectivity index (χ0v) is 14.6. The lowest BCUT2D eigenvalue weighted by Crippen LogP contribution is -2.35. The van der Waals surface area contributed by atoms with Crippen LogP contribution in [0.15, 0.2) is 24.3 Å². The van der Waals surface area contributed by atoms with E-state index >= 15 is 0 Å². The molecule has 0 aliphatic carbocycles. The van der Waals surface area contributed by atoms with E-state index in [2.05, 4.69) is 0 Å². The maximum absolute atomic E-state index is 13.0. The molecule has 1 saturated heterocycles. The van der Waals surface area contributed by atoms with Gasteiger partial charge in [0.2, 0.25) is 0 Å². The lowest BCUT2D eigenvalue weighted by molar-refractivity contribution is -0.188. The van der Waals surface area contributed by atoms with Crippen LogP contribution in [0.25, 0.3) is 0 Å². The van der Waals surface area contributed by atoms with Crippen molar-refractivity contribution in [3.8, 4) is 5.75 Å². The fourth-order valence-corrected chi connectivity index (χ4v) is 3.06. The summed E-state index contributed by atoms with van der Waals surface area (Å²) in [5.74, 6) is -5.19. The summed E-state index contributed by atoms with van der Waals surface area (Å²) in [4.78, 5) is 24.3. The average Bonchev–Trinajstić information content (AvgIpc) is 3.05. The fourth-order valence-electron chi connectivity index (χ4n) is 3.06. The number of aliphatic carboxylic acids is 1. The third kappa shape index (κ3) is 4.47. The molecule has 1 aliphatic heterocycles. The van der Waals surface area contributed by atoms with E-state index in [1.807, 2.05) is 26.0 Å². The fraction of sp³-hybridized carbons (Fsp3) is 0.556. The van der Waals surface area contributed by atoms with Crippen LogP contribution in [0.2, 0.25) is 0 Å². The van der Waals surface area contributed by atoms with Crippen molar-refractivity contribution in [3.05, 3.63) is 29.8 Å². The first-order chi connectivity index (χ1) is 12.1. The maximum Gasteiger partial charge on any atom is 0.394 e. The number of rotatable bonds is 6. The monoisotopic (exact) mass is 373 g/mol. The van der Waals surface area contributed by atoms with Gasteiger partial charge >= 0.3 is 12.1 Å². The van der Waals surface area contributed by atoms with Crippen LogP contribution in [0.5, 0.6) is 5.75 Å². The van der Waals surface area contributed by atoms with Crippen molar-refractivity contribution in [2.24, 2.45) is 11.8 Å². The zero-order valence-electron chi connectivity index (χ0n) is 14.6. The maximum atomic E-state index is 13.0. The lowest BCUT2D eigenvalue weighted by Gasteiger charge is -2.19. The first kappa shape index (κ1) is 20.1. The summed E-state index contributed by atoms with van der Waals surface area (Å²) in [7, 11) is 0. The van der Waals surface area contributed by atoms with E-state index < -0.39 is 49.6 Å². The molecule has 1 aromatic rings. The second kappa shape index (κ2) is 7.97. The molecule has 5 nitrogen and oxygen atoms in total. The smallest absolute Gasteiger partial charge is 0.394 e. The second-order valence-electron chi connectivity index (χ2n) is 6.53. The number of benzene rings is 1. The predicted octanol–water partition coefficient (Wildman–Crippen LogP) is 3.30.